The molecular formula is C29H58O3. The Morgan fingerprint density at radius 2 is 0.875 bits per heavy atom. The molecule has 1 atom stereocenters. The molecule has 1 N–H and O–H groups in total. The first-order chi connectivity index (χ1) is 15.7. The van der Waals surface area contributed by atoms with Gasteiger partial charge < -0.3 is 9.84 Å². The van der Waals surface area contributed by atoms with Gasteiger partial charge in [0.2, 0.25) is 0 Å². The quantitative estimate of drug-likeness (QED) is 0.105. The SMILES string of the molecule is CCCCCCCCCCCCCCCCCCCCCCCC(O)CCCC(=O)OC. The minimum atomic E-state index is -0.250. The van der Waals surface area contributed by atoms with Gasteiger partial charge >= 0.3 is 5.97 Å². The molecule has 0 saturated heterocycles. The molecule has 0 aromatic rings. The van der Waals surface area contributed by atoms with Gasteiger partial charge in [-0.25, -0.2) is 0 Å². The van der Waals surface area contributed by atoms with E-state index in [9.17, 15) is 9.90 Å². The van der Waals surface area contributed by atoms with E-state index in [1.807, 2.05) is 0 Å². The summed E-state index contributed by atoms with van der Waals surface area (Å²) in [6.45, 7) is 2.29. The molecule has 192 valence electrons. The predicted octanol–water partition coefficient (Wildman–Crippen LogP) is 9.29. The zero-order valence-electron chi connectivity index (χ0n) is 22.0. The number of hydrogen-bond donors (Lipinski definition) is 1. The predicted molar refractivity (Wildman–Crippen MR) is 139 cm³/mol. The van der Waals surface area contributed by atoms with Crippen molar-refractivity contribution in [3.8, 4) is 0 Å². The number of carbonyl (C=O) groups excluding carboxylic acids is 1. The van der Waals surface area contributed by atoms with Crippen LogP contribution in [0.15, 0.2) is 0 Å². The Hall–Kier alpha value is -0.570. The molecule has 0 heterocycles. The zero-order valence-corrected chi connectivity index (χ0v) is 22.0. The molecule has 0 aromatic heterocycles. The van der Waals surface area contributed by atoms with Crippen LogP contribution in [0.25, 0.3) is 0 Å². The summed E-state index contributed by atoms with van der Waals surface area (Å²) in [5.74, 6) is -0.175. The molecule has 32 heavy (non-hydrogen) atoms. The van der Waals surface area contributed by atoms with E-state index in [1.165, 1.54) is 136 Å². The lowest BCUT2D eigenvalue weighted by molar-refractivity contribution is -0.140. The first-order valence-corrected chi connectivity index (χ1v) is 14.5. The van der Waals surface area contributed by atoms with Crippen molar-refractivity contribution >= 4 is 5.97 Å². The molecule has 3 heteroatoms. The smallest absolute Gasteiger partial charge is 0.305 e. The van der Waals surface area contributed by atoms with Gasteiger partial charge in [-0.05, 0) is 19.3 Å². The largest absolute Gasteiger partial charge is 0.469 e. The number of ether oxygens (including phenoxy) is 1. The number of rotatable bonds is 26. The van der Waals surface area contributed by atoms with Crippen molar-refractivity contribution in [1.82, 2.24) is 0 Å². The standard InChI is InChI=1S/C29H58O3/c1-3-4-5-6-7-8-9-10-11-12-13-14-15-16-17-18-19-20-21-22-23-25-28(30)26-24-27-29(31)32-2/h28,30H,3-27H2,1-2H3. The summed E-state index contributed by atoms with van der Waals surface area (Å²) in [6, 6.07) is 0. The van der Waals surface area contributed by atoms with Crippen LogP contribution in [0.1, 0.15) is 167 Å². The first kappa shape index (κ1) is 31.4. The van der Waals surface area contributed by atoms with E-state index >= 15 is 0 Å². The van der Waals surface area contributed by atoms with Crippen molar-refractivity contribution in [2.75, 3.05) is 7.11 Å². The molecule has 0 fully saturated rings. The fourth-order valence-corrected chi connectivity index (χ4v) is 4.54. The normalized spacial score (nSPS) is 12.2. The third-order valence-electron chi connectivity index (χ3n) is 6.79. The maximum Gasteiger partial charge on any atom is 0.305 e. The lowest BCUT2D eigenvalue weighted by Crippen LogP contribution is -2.08. The summed E-state index contributed by atoms with van der Waals surface area (Å²) >= 11 is 0. The molecule has 3 nitrogen and oxygen atoms in total. The summed E-state index contributed by atoms with van der Waals surface area (Å²) in [5, 5.41) is 9.94. The van der Waals surface area contributed by atoms with Crippen LogP contribution in [0.3, 0.4) is 0 Å². The highest BCUT2D eigenvalue weighted by Crippen LogP contribution is 2.16. The number of unbranched alkanes of at least 4 members (excludes halogenated alkanes) is 20. The van der Waals surface area contributed by atoms with Crippen LogP contribution in [-0.2, 0) is 9.53 Å². The molecule has 0 aromatic carbocycles. The number of carbonyl (C=O) groups is 1. The Kier molecular flexibility index (Phi) is 26.2. The number of aliphatic hydroxyl groups excluding tert-OH is 1. The van der Waals surface area contributed by atoms with Crippen LogP contribution in [0, 0.1) is 0 Å². The molecule has 0 aliphatic heterocycles. The van der Waals surface area contributed by atoms with Gasteiger partial charge in [0.25, 0.3) is 0 Å². The topological polar surface area (TPSA) is 46.5 Å². The summed E-state index contributed by atoms with van der Waals surface area (Å²) < 4.78 is 4.62. The molecule has 0 amide bonds. The lowest BCUT2D eigenvalue weighted by Gasteiger charge is -2.09. The molecule has 1 unspecified atom stereocenters. The zero-order chi connectivity index (χ0) is 23.5. The van der Waals surface area contributed by atoms with Crippen LogP contribution in [0.4, 0.5) is 0 Å². The number of aliphatic hydroxyl groups is 1. The highest BCUT2D eigenvalue weighted by atomic mass is 16.5. The van der Waals surface area contributed by atoms with Crippen LogP contribution in [0.5, 0.6) is 0 Å². The van der Waals surface area contributed by atoms with Gasteiger partial charge in [0, 0.05) is 6.42 Å². The first-order valence-electron chi connectivity index (χ1n) is 14.5. The van der Waals surface area contributed by atoms with Gasteiger partial charge in [0.15, 0.2) is 0 Å². The van der Waals surface area contributed by atoms with Gasteiger partial charge in [-0.3, -0.25) is 4.79 Å². The van der Waals surface area contributed by atoms with Gasteiger partial charge in [-0.15, -0.1) is 0 Å². The van der Waals surface area contributed by atoms with E-state index < -0.39 is 0 Å². The fourth-order valence-electron chi connectivity index (χ4n) is 4.54. The molecule has 0 rings (SSSR count). The second-order valence-corrected chi connectivity index (χ2v) is 9.98. The van der Waals surface area contributed by atoms with Crippen LogP contribution < -0.4 is 0 Å². The Labute approximate surface area is 201 Å². The number of hydrogen-bond acceptors (Lipinski definition) is 3. The van der Waals surface area contributed by atoms with Crippen LogP contribution in [-0.4, -0.2) is 24.3 Å². The number of methoxy groups -OCH3 is 1. The van der Waals surface area contributed by atoms with Crippen molar-refractivity contribution < 1.29 is 14.6 Å². The molecule has 0 spiro atoms. The Morgan fingerprint density at radius 3 is 1.22 bits per heavy atom. The van der Waals surface area contributed by atoms with E-state index in [4.69, 9.17) is 0 Å². The highest BCUT2D eigenvalue weighted by Gasteiger charge is 2.06. The minimum Gasteiger partial charge on any atom is -0.469 e. The summed E-state index contributed by atoms with van der Waals surface area (Å²) in [7, 11) is 1.42. The number of esters is 1. The Bertz CT molecular complexity index is 369. The van der Waals surface area contributed by atoms with Crippen molar-refractivity contribution in [2.45, 2.75) is 174 Å². The van der Waals surface area contributed by atoms with Crippen molar-refractivity contribution in [3.63, 3.8) is 0 Å². The Balaban J connectivity index is 3.11. The maximum absolute atomic E-state index is 11.0. The van der Waals surface area contributed by atoms with E-state index in [0.717, 1.165) is 19.3 Å². The molecule has 0 aliphatic rings. The summed E-state index contributed by atoms with van der Waals surface area (Å²) in [5.41, 5.74) is 0. The molecular weight excluding hydrogens is 396 g/mol. The van der Waals surface area contributed by atoms with Crippen molar-refractivity contribution in [2.24, 2.45) is 0 Å². The Morgan fingerprint density at radius 1 is 0.562 bits per heavy atom. The van der Waals surface area contributed by atoms with E-state index in [2.05, 4.69) is 11.7 Å². The van der Waals surface area contributed by atoms with Crippen molar-refractivity contribution in [3.05, 3.63) is 0 Å². The molecule has 0 aliphatic carbocycles. The monoisotopic (exact) mass is 454 g/mol. The molecule has 0 radical (unpaired) electrons. The van der Waals surface area contributed by atoms with E-state index in [1.54, 1.807) is 0 Å². The minimum absolute atomic E-state index is 0.175. The van der Waals surface area contributed by atoms with Gasteiger partial charge in [0.1, 0.15) is 0 Å². The molecule has 0 bridgehead atoms. The maximum atomic E-state index is 11.0. The summed E-state index contributed by atoms with van der Waals surface area (Å²) in [4.78, 5) is 11.0. The van der Waals surface area contributed by atoms with Crippen LogP contribution >= 0.6 is 0 Å². The van der Waals surface area contributed by atoms with E-state index in [0.29, 0.717) is 12.8 Å². The third kappa shape index (κ3) is 25.7. The van der Waals surface area contributed by atoms with Crippen molar-refractivity contribution in [1.29, 1.82) is 0 Å². The average Bonchev–Trinajstić information content (AvgIpc) is 2.79. The average molecular weight is 455 g/mol. The van der Waals surface area contributed by atoms with E-state index in [-0.39, 0.29) is 12.1 Å². The van der Waals surface area contributed by atoms with Gasteiger partial charge in [-0.2, -0.15) is 0 Å². The fraction of sp³-hybridized carbons (Fsp3) is 0.966. The summed E-state index contributed by atoms with van der Waals surface area (Å²) in [6.07, 6.45) is 31.9. The third-order valence-corrected chi connectivity index (χ3v) is 6.79. The second-order valence-electron chi connectivity index (χ2n) is 9.98. The van der Waals surface area contributed by atoms with Gasteiger partial charge in [-0.1, -0.05) is 142 Å². The van der Waals surface area contributed by atoms with Crippen LogP contribution in [0.2, 0.25) is 0 Å². The lowest BCUT2D eigenvalue weighted by atomic mass is 10.0. The highest BCUT2D eigenvalue weighted by molar-refractivity contribution is 5.68. The molecule has 0 saturated carbocycles. The van der Waals surface area contributed by atoms with Gasteiger partial charge in [0.05, 0.1) is 13.2 Å². The second kappa shape index (κ2) is 26.7.